The minimum absolute atomic E-state index is 0.00421. The summed E-state index contributed by atoms with van der Waals surface area (Å²) in [6.45, 7) is 3.10. The Hall–Kier alpha value is -2.27. The molecule has 1 aliphatic rings. The number of aromatic nitrogens is 1. The largest absolute Gasteiger partial charge is 0.481 e. The lowest BCUT2D eigenvalue weighted by atomic mass is 9.90. The van der Waals surface area contributed by atoms with Crippen LogP contribution >= 0.6 is 11.6 Å². The first-order chi connectivity index (χ1) is 12.4. The molecule has 1 amide bonds. The van der Waals surface area contributed by atoms with Crippen molar-refractivity contribution in [1.82, 2.24) is 9.47 Å². The molecule has 5 nitrogen and oxygen atoms in total. The van der Waals surface area contributed by atoms with Crippen LogP contribution in [0, 0.1) is 0 Å². The molecule has 3 rings (SSSR count). The van der Waals surface area contributed by atoms with E-state index in [4.69, 9.17) is 16.3 Å². The molecule has 0 spiro atoms. The number of hydrogen-bond donors (Lipinski definition) is 0. The third-order valence-corrected chi connectivity index (χ3v) is 5.10. The standard InChI is InChI=1S/C20H23ClN2O3/c1-14(26-18-5-3-4-17(21)13-18)20(25)23-10-7-15(8-11-23)16-6-9-22(2)19(24)12-16/h3-6,9,12-15H,7-8,10-11H2,1-2H3. The predicted octanol–water partition coefficient (Wildman–Crippen LogP) is 3.21. The Morgan fingerprint density at radius 1 is 1.23 bits per heavy atom. The molecule has 1 fully saturated rings. The minimum atomic E-state index is -0.561. The molecule has 1 aromatic heterocycles. The highest BCUT2D eigenvalue weighted by atomic mass is 35.5. The van der Waals surface area contributed by atoms with Crippen LogP contribution in [0.3, 0.4) is 0 Å². The quantitative estimate of drug-likeness (QED) is 0.825. The average molecular weight is 375 g/mol. The monoisotopic (exact) mass is 374 g/mol. The van der Waals surface area contributed by atoms with E-state index in [1.54, 1.807) is 55.1 Å². The molecule has 0 N–H and O–H groups in total. The first kappa shape index (κ1) is 18.5. The van der Waals surface area contributed by atoms with Gasteiger partial charge < -0.3 is 14.2 Å². The van der Waals surface area contributed by atoms with Gasteiger partial charge in [0.05, 0.1) is 0 Å². The van der Waals surface area contributed by atoms with Crippen LogP contribution in [-0.2, 0) is 11.8 Å². The van der Waals surface area contributed by atoms with Crippen LogP contribution in [0.4, 0.5) is 0 Å². The van der Waals surface area contributed by atoms with E-state index in [1.165, 1.54) is 0 Å². The molecule has 6 heteroatoms. The summed E-state index contributed by atoms with van der Waals surface area (Å²) in [5.41, 5.74) is 1.06. The van der Waals surface area contributed by atoms with Crippen molar-refractivity contribution in [3.63, 3.8) is 0 Å². The lowest BCUT2D eigenvalue weighted by molar-refractivity contribution is -0.139. The number of hydrogen-bond acceptors (Lipinski definition) is 3. The molecule has 2 aromatic rings. The Morgan fingerprint density at radius 2 is 1.96 bits per heavy atom. The fourth-order valence-electron chi connectivity index (χ4n) is 3.30. The number of ether oxygens (including phenoxy) is 1. The summed E-state index contributed by atoms with van der Waals surface area (Å²) in [5, 5.41) is 0.581. The maximum Gasteiger partial charge on any atom is 0.263 e. The molecule has 0 radical (unpaired) electrons. The van der Waals surface area contributed by atoms with Gasteiger partial charge in [0.15, 0.2) is 6.10 Å². The summed E-state index contributed by atoms with van der Waals surface area (Å²) < 4.78 is 7.30. The summed E-state index contributed by atoms with van der Waals surface area (Å²) in [4.78, 5) is 26.3. The molecule has 0 bridgehead atoms. The number of piperidine rings is 1. The SMILES string of the molecule is CC(Oc1cccc(Cl)c1)C(=O)N1CCC(c2ccn(C)c(=O)c2)CC1. The highest BCUT2D eigenvalue weighted by Gasteiger charge is 2.27. The molecule has 1 unspecified atom stereocenters. The molecular formula is C20H23ClN2O3. The van der Waals surface area contributed by atoms with Crippen molar-refractivity contribution < 1.29 is 9.53 Å². The van der Waals surface area contributed by atoms with Crippen LogP contribution in [0.2, 0.25) is 5.02 Å². The smallest absolute Gasteiger partial charge is 0.263 e. The molecule has 1 saturated heterocycles. The van der Waals surface area contributed by atoms with Gasteiger partial charge in [0.2, 0.25) is 0 Å². The van der Waals surface area contributed by atoms with E-state index >= 15 is 0 Å². The van der Waals surface area contributed by atoms with Crippen LogP contribution in [-0.4, -0.2) is 34.6 Å². The van der Waals surface area contributed by atoms with Crippen molar-refractivity contribution >= 4 is 17.5 Å². The van der Waals surface area contributed by atoms with Gasteiger partial charge in [0, 0.05) is 37.4 Å². The number of nitrogens with zero attached hydrogens (tertiary/aromatic N) is 2. The van der Waals surface area contributed by atoms with Crippen molar-refractivity contribution in [3.05, 3.63) is 63.5 Å². The average Bonchev–Trinajstić information content (AvgIpc) is 2.63. The fourth-order valence-corrected chi connectivity index (χ4v) is 3.48. The van der Waals surface area contributed by atoms with Gasteiger partial charge in [-0.2, -0.15) is 0 Å². The molecule has 0 saturated carbocycles. The Labute approximate surface area is 158 Å². The van der Waals surface area contributed by atoms with E-state index in [0.717, 1.165) is 18.4 Å². The number of aryl methyl sites for hydroxylation is 1. The van der Waals surface area contributed by atoms with Crippen LogP contribution < -0.4 is 10.3 Å². The number of halogens is 1. The number of likely N-dealkylation sites (tertiary alicyclic amines) is 1. The van der Waals surface area contributed by atoms with Gasteiger partial charge in [-0.3, -0.25) is 9.59 Å². The van der Waals surface area contributed by atoms with Crippen LogP contribution in [0.5, 0.6) is 5.75 Å². The Kier molecular flexibility index (Phi) is 5.67. The highest BCUT2D eigenvalue weighted by Crippen LogP contribution is 2.27. The van der Waals surface area contributed by atoms with E-state index in [0.29, 0.717) is 29.8 Å². The Morgan fingerprint density at radius 3 is 2.62 bits per heavy atom. The van der Waals surface area contributed by atoms with Crippen LogP contribution in [0.15, 0.2) is 47.4 Å². The van der Waals surface area contributed by atoms with Crippen LogP contribution in [0.1, 0.15) is 31.2 Å². The second-order valence-corrected chi connectivity index (χ2v) is 7.16. The molecule has 1 atom stereocenters. The summed E-state index contributed by atoms with van der Waals surface area (Å²) in [7, 11) is 1.74. The lowest BCUT2D eigenvalue weighted by Crippen LogP contribution is -2.44. The van der Waals surface area contributed by atoms with Crippen LogP contribution in [0.25, 0.3) is 0 Å². The van der Waals surface area contributed by atoms with E-state index in [-0.39, 0.29) is 11.5 Å². The molecule has 138 valence electrons. The van der Waals surface area contributed by atoms with Gasteiger partial charge in [0.1, 0.15) is 5.75 Å². The number of amides is 1. The Bertz CT molecular complexity index is 841. The zero-order chi connectivity index (χ0) is 18.7. The van der Waals surface area contributed by atoms with Gasteiger partial charge in [-0.1, -0.05) is 17.7 Å². The second-order valence-electron chi connectivity index (χ2n) is 6.73. The van der Waals surface area contributed by atoms with Crippen molar-refractivity contribution in [2.24, 2.45) is 7.05 Å². The van der Waals surface area contributed by atoms with Crippen molar-refractivity contribution in [2.75, 3.05) is 13.1 Å². The first-order valence-corrected chi connectivity index (χ1v) is 9.19. The topological polar surface area (TPSA) is 51.5 Å². The summed E-state index contributed by atoms with van der Waals surface area (Å²) in [5.74, 6) is 0.887. The second kappa shape index (κ2) is 7.96. The molecule has 1 aromatic carbocycles. The minimum Gasteiger partial charge on any atom is -0.481 e. The summed E-state index contributed by atoms with van der Waals surface area (Å²) in [6.07, 6.45) is 2.94. The van der Waals surface area contributed by atoms with Gasteiger partial charge in [0.25, 0.3) is 11.5 Å². The number of pyridine rings is 1. The van der Waals surface area contributed by atoms with Crippen molar-refractivity contribution in [3.8, 4) is 5.75 Å². The lowest BCUT2D eigenvalue weighted by Gasteiger charge is -2.33. The Balaban J connectivity index is 1.57. The van der Waals surface area contributed by atoms with Gasteiger partial charge in [-0.15, -0.1) is 0 Å². The van der Waals surface area contributed by atoms with E-state index in [1.807, 2.05) is 11.0 Å². The summed E-state index contributed by atoms with van der Waals surface area (Å²) >= 11 is 5.95. The zero-order valence-corrected chi connectivity index (χ0v) is 15.8. The maximum atomic E-state index is 12.6. The maximum absolute atomic E-state index is 12.6. The van der Waals surface area contributed by atoms with Gasteiger partial charge in [-0.05, 0) is 55.5 Å². The first-order valence-electron chi connectivity index (χ1n) is 8.81. The molecule has 0 aliphatic carbocycles. The fraction of sp³-hybridized carbons (Fsp3) is 0.400. The third kappa shape index (κ3) is 4.28. The van der Waals surface area contributed by atoms with E-state index in [2.05, 4.69) is 0 Å². The van der Waals surface area contributed by atoms with E-state index < -0.39 is 6.10 Å². The molecule has 1 aliphatic heterocycles. The van der Waals surface area contributed by atoms with Crippen molar-refractivity contribution in [2.45, 2.75) is 31.8 Å². The third-order valence-electron chi connectivity index (χ3n) is 4.86. The van der Waals surface area contributed by atoms with Crippen molar-refractivity contribution in [1.29, 1.82) is 0 Å². The number of carbonyl (C=O) groups excluding carboxylic acids is 1. The normalized spacial score (nSPS) is 16.3. The zero-order valence-electron chi connectivity index (χ0n) is 15.0. The molecule has 26 heavy (non-hydrogen) atoms. The molecule has 2 heterocycles. The number of rotatable bonds is 4. The highest BCUT2D eigenvalue weighted by molar-refractivity contribution is 6.30. The molecular weight excluding hydrogens is 352 g/mol. The number of benzene rings is 1. The summed E-state index contributed by atoms with van der Waals surface area (Å²) in [6, 6.07) is 10.7. The van der Waals surface area contributed by atoms with Gasteiger partial charge >= 0.3 is 0 Å². The van der Waals surface area contributed by atoms with Gasteiger partial charge in [-0.25, -0.2) is 0 Å². The predicted molar refractivity (Wildman–Crippen MR) is 102 cm³/mol. The number of carbonyl (C=O) groups is 1. The van der Waals surface area contributed by atoms with E-state index in [9.17, 15) is 9.59 Å².